The molecule has 0 aliphatic heterocycles. The van der Waals surface area contributed by atoms with Crippen LogP contribution >= 0.6 is 0 Å². The van der Waals surface area contributed by atoms with Gasteiger partial charge in [0.15, 0.2) is 11.5 Å². The Morgan fingerprint density at radius 2 is 1.53 bits per heavy atom. The van der Waals surface area contributed by atoms with Gasteiger partial charge in [-0.25, -0.2) is 19.0 Å². The van der Waals surface area contributed by atoms with Crippen molar-refractivity contribution in [3.63, 3.8) is 0 Å². The summed E-state index contributed by atoms with van der Waals surface area (Å²) in [5.74, 6) is -0.0193. The topological polar surface area (TPSA) is 64.9 Å². The van der Waals surface area contributed by atoms with Crippen molar-refractivity contribution in [3.05, 3.63) is 90.9 Å². The molecule has 0 unspecified atom stereocenters. The largest absolute Gasteiger partial charge is 0.573 e. The number of fused-ring (bicyclic) bond motifs is 1. The molecule has 6 nitrogen and oxygen atoms in total. The molecular weight excluding hydrogens is 450 g/mol. The van der Waals surface area contributed by atoms with Crippen molar-refractivity contribution in [1.29, 1.82) is 0 Å². The zero-order valence-corrected chi connectivity index (χ0v) is 17.3. The summed E-state index contributed by atoms with van der Waals surface area (Å²) >= 11 is 0. The number of aromatic nitrogens is 4. The summed E-state index contributed by atoms with van der Waals surface area (Å²) in [6.45, 7) is 0. The van der Waals surface area contributed by atoms with Gasteiger partial charge in [-0.3, -0.25) is 0 Å². The molecule has 0 bridgehead atoms. The Hall–Kier alpha value is -4.47. The van der Waals surface area contributed by atoms with Crippen molar-refractivity contribution in [1.82, 2.24) is 19.7 Å². The first-order chi connectivity index (χ1) is 16.4. The maximum absolute atomic E-state index is 13.4. The fourth-order valence-electron chi connectivity index (χ4n) is 3.37. The molecule has 0 amide bonds. The summed E-state index contributed by atoms with van der Waals surface area (Å²) in [4.78, 5) is 9.23. The number of alkyl halides is 3. The SMILES string of the molecule is Fc1ccc(-c2nc(Nc3ccc(OC(F)(F)F)cc3)c3cnn(-c4ccccc4)c3n2)cc1. The molecule has 0 aliphatic carbocycles. The predicted molar refractivity (Wildman–Crippen MR) is 118 cm³/mol. The number of ether oxygens (including phenoxy) is 1. The normalized spacial score (nSPS) is 11.5. The average Bonchev–Trinajstić information content (AvgIpc) is 3.25. The monoisotopic (exact) mass is 465 g/mol. The molecule has 3 aromatic carbocycles. The van der Waals surface area contributed by atoms with Crippen molar-refractivity contribution < 1.29 is 22.3 Å². The van der Waals surface area contributed by atoms with E-state index in [1.807, 2.05) is 30.3 Å². The summed E-state index contributed by atoms with van der Waals surface area (Å²) in [7, 11) is 0. The molecule has 2 heterocycles. The lowest BCUT2D eigenvalue weighted by Crippen LogP contribution is -2.16. The number of para-hydroxylation sites is 1. The van der Waals surface area contributed by atoms with E-state index in [0.717, 1.165) is 5.69 Å². The first-order valence-electron chi connectivity index (χ1n) is 10.1. The van der Waals surface area contributed by atoms with E-state index in [0.29, 0.717) is 33.9 Å². The lowest BCUT2D eigenvalue weighted by molar-refractivity contribution is -0.274. The molecule has 2 aromatic heterocycles. The number of halogens is 4. The molecule has 5 rings (SSSR count). The maximum atomic E-state index is 13.4. The summed E-state index contributed by atoms with van der Waals surface area (Å²) in [5, 5.41) is 8.14. The van der Waals surface area contributed by atoms with Gasteiger partial charge in [0.25, 0.3) is 0 Å². The van der Waals surface area contributed by atoms with E-state index in [9.17, 15) is 17.6 Å². The van der Waals surface area contributed by atoms with Crippen LogP contribution in [0.5, 0.6) is 5.75 Å². The minimum Gasteiger partial charge on any atom is -0.406 e. The number of benzene rings is 3. The Morgan fingerprint density at radius 1 is 0.824 bits per heavy atom. The van der Waals surface area contributed by atoms with Crippen molar-refractivity contribution >= 4 is 22.5 Å². The highest BCUT2D eigenvalue weighted by Gasteiger charge is 2.31. The van der Waals surface area contributed by atoms with Crippen LogP contribution in [-0.2, 0) is 0 Å². The van der Waals surface area contributed by atoms with Gasteiger partial charge in [0.2, 0.25) is 0 Å². The van der Waals surface area contributed by atoms with Crippen LogP contribution in [0.3, 0.4) is 0 Å². The second kappa shape index (κ2) is 8.47. The van der Waals surface area contributed by atoms with Gasteiger partial charge in [-0.1, -0.05) is 18.2 Å². The number of rotatable bonds is 5. The first-order valence-corrected chi connectivity index (χ1v) is 10.1. The van der Waals surface area contributed by atoms with Crippen LogP contribution in [0.25, 0.3) is 28.1 Å². The standard InChI is InChI=1S/C24H15F4N5O/c25-16-8-6-15(7-9-16)21-31-22(30-17-10-12-19(13-11-17)34-24(26,27)28)20-14-29-33(23(20)32-21)18-4-2-1-3-5-18/h1-14H,(H,30,31,32). The lowest BCUT2D eigenvalue weighted by atomic mass is 10.2. The molecule has 0 radical (unpaired) electrons. The fraction of sp³-hybridized carbons (Fsp3) is 0.0417. The molecule has 0 fully saturated rings. The molecule has 5 aromatic rings. The van der Waals surface area contributed by atoms with Crippen LogP contribution in [0, 0.1) is 5.82 Å². The zero-order chi connectivity index (χ0) is 23.7. The Morgan fingerprint density at radius 3 is 2.21 bits per heavy atom. The van der Waals surface area contributed by atoms with Gasteiger partial charge in [-0.15, -0.1) is 13.2 Å². The molecule has 10 heteroatoms. The zero-order valence-electron chi connectivity index (χ0n) is 17.3. The van der Waals surface area contributed by atoms with Gasteiger partial charge < -0.3 is 10.1 Å². The van der Waals surface area contributed by atoms with Gasteiger partial charge in [0.05, 0.1) is 17.3 Å². The number of nitrogens with zero attached hydrogens (tertiary/aromatic N) is 4. The van der Waals surface area contributed by atoms with E-state index >= 15 is 0 Å². The quantitative estimate of drug-likeness (QED) is 0.310. The third-order valence-electron chi connectivity index (χ3n) is 4.88. The van der Waals surface area contributed by atoms with Crippen LogP contribution in [0.1, 0.15) is 0 Å². The van der Waals surface area contributed by atoms with E-state index in [2.05, 4.69) is 25.1 Å². The first kappa shape index (κ1) is 21.4. The number of hydrogen-bond acceptors (Lipinski definition) is 5. The molecule has 0 atom stereocenters. The minimum absolute atomic E-state index is 0.324. The smallest absolute Gasteiger partial charge is 0.406 e. The van der Waals surface area contributed by atoms with E-state index in [-0.39, 0.29) is 5.75 Å². The maximum Gasteiger partial charge on any atom is 0.573 e. The summed E-state index contributed by atoms with van der Waals surface area (Å²) < 4.78 is 56.4. The van der Waals surface area contributed by atoms with Crippen LogP contribution in [-0.4, -0.2) is 26.1 Å². The number of hydrogen-bond donors (Lipinski definition) is 1. The second-order valence-electron chi connectivity index (χ2n) is 7.23. The Balaban J connectivity index is 1.59. The molecule has 1 N–H and O–H groups in total. The third kappa shape index (κ3) is 4.51. The molecule has 34 heavy (non-hydrogen) atoms. The summed E-state index contributed by atoms with van der Waals surface area (Å²) in [6.07, 6.45) is -3.18. The summed E-state index contributed by atoms with van der Waals surface area (Å²) in [5.41, 5.74) is 2.34. The molecular formula is C24H15F4N5O. The van der Waals surface area contributed by atoms with E-state index in [1.165, 1.54) is 36.4 Å². The molecule has 0 spiro atoms. The lowest BCUT2D eigenvalue weighted by Gasteiger charge is -2.12. The van der Waals surface area contributed by atoms with Crippen LogP contribution in [0.4, 0.5) is 29.1 Å². The van der Waals surface area contributed by atoms with Crippen LogP contribution in [0.2, 0.25) is 0 Å². The van der Waals surface area contributed by atoms with E-state index < -0.39 is 12.2 Å². The highest BCUT2D eigenvalue weighted by atomic mass is 19.4. The number of anilines is 2. The highest BCUT2D eigenvalue weighted by molar-refractivity contribution is 5.91. The van der Waals surface area contributed by atoms with Gasteiger partial charge >= 0.3 is 6.36 Å². The van der Waals surface area contributed by atoms with Gasteiger partial charge in [-0.05, 0) is 60.7 Å². The molecule has 170 valence electrons. The van der Waals surface area contributed by atoms with Crippen molar-refractivity contribution in [2.45, 2.75) is 6.36 Å². The van der Waals surface area contributed by atoms with Crippen molar-refractivity contribution in [3.8, 4) is 22.8 Å². The molecule has 0 saturated carbocycles. The van der Waals surface area contributed by atoms with Crippen LogP contribution < -0.4 is 10.1 Å². The Kier molecular flexibility index (Phi) is 5.33. The fourth-order valence-corrected chi connectivity index (χ4v) is 3.37. The van der Waals surface area contributed by atoms with Gasteiger partial charge in [0.1, 0.15) is 17.4 Å². The van der Waals surface area contributed by atoms with Crippen LogP contribution in [0.15, 0.2) is 85.1 Å². The highest BCUT2D eigenvalue weighted by Crippen LogP contribution is 2.30. The van der Waals surface area contributed by atoms with Gasteiger partial charge in [0, 0.05) is 11.3 Å². The minimum atomic E-state index is -4.77. The predicted octanol–water partition coefficient (Wildman–Crippen LogP) is 6.26. The number of nitrogens with one attached hydrogen (secondary N) is 1. The van der Waals surface area contributed by atoms with Crippen molar-refractivity contribution in [2.75, 3.05) is 5.32 Å². The van der Waals surface area contributed by atoms with E-state index in [1.54, 1.807) is 23.0 Å². The summed E-state index contributed by atoms with van der Waals surface area (Å²) in [6, 6.07) is 20.4. The Bertz CT molecular complexity index is 1430. The molecule has 0 saturated heterocycles. The Labute approximate surface area is 190 Å². The second-order valence-corrected chi connectivity index (χ2v) is 7.23. The van der Waals surface area contributed by atoms with Gasteiger partial charge in [-0.2, -0.15) is 5.10 Å². The molecule has 0 aliphatic rings. The average molecular weight is 465 g/mol. The van der Waals surface area contributed by atoms with E-state index in [4.69, 9.17) is 0 Å². The van der Waals surface area contributed by atoms with Crippen molar-refractivity contribution in [2.24, 2.45) is 0 Å². The third-order valence-corrected chi connectivity index (χ3v) is 4.88.